The fraction of sp³-hybridized carbons (Fsp3) is 0.471. The molecule has 3 rings (SSSR count). The van der Waals surface area contributed by atoms with Crippen LogP contribution in [0.2, 0.25) is 0 Å². The number of methoxy groups -OCH3 is 4. The van der Waals surface area contributed by atoms with Gasteiger partial charge in [0.1, 0.15) is 11.6 Å². The number of aromatic nitrogens is 1. The number of anilines is 2. The molecule has 1 aromatic rings. The lowest BCUT2D eigenvalue weighted by Gasteiger charge is -2.14. The molecule has 0 radical (unpaired) electrons. The highest BCUT2D eigenvalue weighted by Crippen LogP contribution is 2.50. The van der Waals surface area contributed by atoms with E-state index in [1.54, 1.807) is 18.2 Å². The highest BCUT2D eigenvalue weighted by atomic mass is 31.2. The molecule has 186 valence electrons. The second-order valence-corrected chi connectivity index (χ2v) is 8.66. The Kier molecular flexibility index (Phi) is 8.89. The van der Waals surface area contributed by atoms with Gasteiger partial charge in [-0.3, -0.25) is 18.1 Å². The first-order valence-electron chi connectivity index (χ1n) is 9.40. The smallest absolute Gasteiger partial charge is 0.338 e. The third-order valence-corrected chi connectivity index (χ3v) is 6.78. The minimum Gasteiger partial charge on any atom is -0.467 e. The number of nitrogens with one attached hydrogen (secondary N) is 2. The van der Waals surface area contributed by atoms with Gasteiger partial charge in [0.05, 0.1) is 28.4 Å². The summed E-state index contributed by atoms with van der Waals surface area (Å²) in [7, 11) is 0.669. The van der Waals surface area contributed by atoms with Gasteiger partial charge in [0.25, 0.3) is 17.1 Å². The van der Waals surface area contributed by atoms with Gasteiger partial charge in [-0.15, -0.1) is 0 Å². The van der Waals surface area contributed by atoms with Crippen molar-refractivity contribution in [3.05, 3.63) is 18.2 Å². The minimum absolute atomic E-state index is 0.244. The average Bonchev–Trinajstić information content (AvgIpc) is 3.46. The van der Waals surface area contributed by atoms with E-state index in [-0.39, 0.29) is 11.6 Å². The summed E-state index contributed by atoms with van der Waals surface area (Å²) in [4.78, 5) is 51.9. The van der Waals surface area contributed by atoms with Crippen molar-refractivity contribution >= 4 is 52.6 Å². The summed E-state index contributed by atoms with van der Waals surface area (Å²) in [5.41, 5.74) is 0. The van der Waals surface area contributed by atoms with E-state index < -0.39 is 65.3 Å². The monoisotopic (exact) mass is 521 g/mol. The quantitative estimate of drug-likeness (QED) is 0.276. The molecule has 2 N–H and O–H groups in total. The zero-order valence-electron chi connectivity index (χ0n) is 18.3. The Balaban J connectivity index is 1.66. The van der Waals surface area contributed by atoms with Gasteiger partial charge in [0.15, 0.2) is 0 Å². The molecule has 34 heavy (non-hydrogen) atoms. The Bertz CT molecular complexity index is 820. The van der Waals surface area contributed by atoms with Gasteiger partial charge in [-0.2, -0.15) is 0 Å². The van der Waals surface area contributed by atoms with E-state index in [0.717, 1.165) is 28.4 Å². The van der Waals surface area contributed by atoms with E-state index in [1.165, 1.54) is 0 Å². The summed E-state index contributed by atoms with van der Waals surface area (Å²) in [5, 5.41) is 5.65. The molecule has 2 aliphatic rings. The first-order chi connectivity index (χ1) is 16.3. The van der Waals surface area contributed by atoms with Gasteiger partial charge in [-0.05, 0) is 12.1 Å². The molecule has 15 nitrogen and oxygen atoms in total. The first-order valence-corrected chi connectivity index (χ1v) is 11.8. The van der Waals surface area contributed by atoms with E-state index in [2.05, 4.69) is 34.1 Å². The first kappa shape index (κ1) is 25.9. The molecule has 3 heterocycles. The molecule has 1 aromatic heterocycles. The topological polar surface area (TPSA) is 179 Å². The van der Waals surface area contributed by atoms with Gasteiger partial charge in [0, 0.05) is 0 Å². The molecule has 0 bridgehead atoms. The molecule has 0 aliphatic carbocycles. The van der Waals surface area contributed by atoms with Crippen LogP contribution in [0.1, 0.15) is 0 Å². The highest BCUT2D eigenvalue weighted by Gasteiger charge is 2.49. The maximum absolute atomic E-state index is 11.9. The lowest BCUT2D eigenvalue weighted by molar-refractivity contribution is -0.160. The number of esters is 4. The van der Waals surface area contributed by atoms with Crippen LogP contribution in [0.15, 0.2) is 18.2 Å². The van der Waals surface area contributed by atoms with E-state index in [4.69, 9.17) is 18.1 Å². The van der Waals surface area contributed by atoms with Crippen LogP contribution in [0.5, 0.6) is 0 Å². The lowest BCUT2D eigenvalue weighted by Crippen LogP contribution is -2.38. The molecule has 0 saturated carbocycles. The fourth-order valence-electron chi connectivity index (χ4n) is 2.67. The van der Waals surface area contributed by atoms with E-state index in [0.29, 0.717) is 0 Å². The average molecular weight is 521 g/mol. The van der Waals surface area contributed by atoms with Crippen LogP contribution in [-0.4, -0.2) is 81.7 Å². The molecule has 4 atom stereocenters. The van der Waals surface area contributed by atoms with Crippen molar-refractivity contribution in [1.29, 1.82) is 0 Å². The third-order valence-electron chi connectivity index (χ3n) is 4.28. The number of carbonyl (C=O) groups excluding carboxylic acids is 4. The Labute approximate surface area is 195 Å². The number of rotatable bonds is 8. The van der Waals surface area contributed by atoms with Gasteiger partial charge in [-0.1, -0.05) is 6.07 Å². The van der Waals surface area contributed by atoms with Gasteiger partial charge < -0.3 is 29.1 Å². The van der Waals surface area contributed by atoms with Crippen LogP contribution < -0.4 is 10.2 Å². The second kappa shape index (κ2) is 11.6. The highest BCUT2D eigenvalue weighted by molar-refractivity contribution is 7.49. The maximum atomic E-state index is 11.9. The number of ether oxygens (including phenoxy) is 4. The van der Waals surface area contributed by atoms with Gasteiger partial charge in [-0.25, -0.2) is 24.2 Å². The van der Waals surface area contributed by atoms with Crippen molar-refractivity contribution in [2.75, 3.05) is 38.6 Å². The number of hydrogen-bond acceptors (Lipinski definition) is 15. The molecular formula is C17H21N3O12P2. The standard InChI is InChI=1S/C17H21N3O12P2/c1-25-14(21)10-11(15(22)26-2)30-33(29-10)19-8-6-5-7-9(18-8)20-34-31-12(16(23)27-3)13(32-34)17(24)28-4/h5-7,10-13H,1-4H3,(H2,18,19,20)/t10-,11-,12-,13-/m0/s1. The third kappa shape index (κ3) is 5.87. The number of nitrogens with zero attached hydrogens (tertiary/aromatic N) is 1. The SMILES string of the molecule is COC(=O)[C@H]1OP(Nc2cccc(NP3O[C@H](C(=O)OC)[C@@H](C(=O)OC)O3)n2)O[C@@H]1C(=O)OC. The number of hydrogen-bond donors (Lipinski definition) is 2. The molecule has 0 spiro atoms. The zero-order valence-corrected chi connectivity index (χ0v) is 20.1. The van der Waals surface area contributed by atoms with Gasteiger partial charge >= 0.3 is 23.9 Å². The number of carbonyl (C=O) groups is 4. The summed E-state index contributed by atoms with van der Waals surface area (Å²) in [6.07, 6.45) is -5.25. The molecule has 17 heteroatoms. The van der Waals surface area contributed by atoms with Crippen LogP contribution in [0, 0.1) is 0 Å². The largest absolute Gasteiger partial charge is 0.467 e. The Morgan fingerprint density at radius 1 is 0.676 bits per heavy atom. The second-order valence-electron chi connectivity index (χ2n) is 6.34. The predicted octanol–water partition coefficient (Wildman–Crippen LogP) is 0.619. The minimum atomic E-state index is -1.96. The lowest BCUT2D eigenvalue weighted by atomic mass is 10.2. The van der Waals surface area contributed by atoms with Crippen molar-refractivity contribution in [2.24, 2.45) is 0 Å². The number of pyridine rings is 1. The Hall–Kier alpha value is -2.67. The molecule has 0 aromatic carbocycles. The molecule has 2 aliphatic heterocycles. The van der Waals surface area contributed by atoms with E-state index in [9.17, 15) is 19.2 Å². The summed E-state index contributed by atoms with van der Waals surface area (Å²) in [6, 6.07) is 4.74. The Morgan fingerprint density at radius 2 is 0.971 bits per heavy atom. The van der Waals surface area contributed by atoms with E-state index in [1.807, 2.05) is 0 Å². The molecule has 0 amide bonds. The van der Waals surface area contributed by atoms with Crippen molar-refractivity contribution in [3.63, 3.8) is 0 Å². The maximum Gasteiger partial charge on any atom is 0.338 e. The van der Waals surface area contributed by atoms with Crippen molar-refractivity contribution < 1.29 is 56.2 Å². The molecule has 2 fully saturated rings. The van der Waals surface area contributed by atoms with E-state index >= 15 is 0 Å². The van der Waals surface area contributed by atoms with Crippen molar-refractivity contribution in [1.82, 2.24) is 4.98 Å². The zero-order chi connectivity index (χ0) is 24.8. The summed E-state index contributed by atoms with van der Waals surface area (Å²) < 4.78 is 40.4. The van der Waals surface area contributed by atoms with Crippen LogP contribution >= 0.6 is 17.1 Å². The molecule has 0 unspecified atom stereocenters. The van der Waals surface area contributed by atoms with Gasteiger partial charge in [0.2, 0.25) is 24.4 Å². The van der Waals surface area contributed by atoms with Crippen LogP contribution in [0.4, 0.5) is 11.6 Å². The fourth-order valence-corrected chi connectivity index (χ4v) is 5.21. The predicted molar refractivity (Wildman–Crippen MR) is 113 cm³/mol. The Morgan fingerprint density at radius 3 is 1.24 bits per heavy atom. The van der Waals surface area contributed by atoms with Crippen LogP contribution in [0.25, 0.3) is 0 Å². The van der Waals surface area contributed by atoms with Crippen molar-refractivity contribution in [3.8, 4) is 0 Å². The summed E-state index contributed by atoms with van der Waals surface area (Å²) >= 11 is 0. The molecular weight excluding hydrogens is 500 g/mol. The van der Waals surface area contributed by atoms with Crippen molar-refractivity contribution in [2.45, 2.75) is 24.4 Å². The molecule has 2 saturated heterocycles. The normalized spacial score (nSPS) is 24.8. The summed E-state index contributed by atoms with van der Waals surface area (Å²) in [6.45, 7) is 0. The summed E-state index contributed by atoms with van der Waals surface area (Å²) in [5.74, 6) is -2.72. The van der Waals surface area contributed by atoms with Crippen LogP contribution in [-0.2, 0) is 56.2 Å². The van der Waals surface area contributed by atoms with Crippen LogP contribution in [0.3, 0.4) is 0 Å².